The molecule has 0 unspecified atom stereocenters. The highest BCUT2D eigenvalue weighted by molar-refractivity contribution is 5.88. The zero-order chi connectivity index (χ0) is 16.1. The molecule has 0 saturated carbocycles. The van der Waals surface area contributed by atoms with E-state index in [9.17, 15) is 14.4 Å². The number of nitrogens with zero attached hydrogens (tertiary/aromatic N) is 1. The average molecular weight is 303 g/mol. The van der Waals surface area contributed by atoms with E-state index in [2.05, 4.69) is 5.32 Å². The summed E-state index contributed by atoms with van der Waals surface area (Å²) in [6.07, 6.45) is 1.21. The molecule has 22 heavy (non-hydrogen) atoms. The van der Waals surface area contributed by atoms with Crippen LogP contribution in [0.1, 0.15) is 31.4 Å². The predicted octanol–water partition coefficient (Wildman–Crippen LogP) is 0.588. The fourth-order valence-corrected chi connectivity index (χ4v) is 2.68. The first-order chi connectivity index (χ1) is 10.5. The van der Waals surface area contributed by atoms with Gasteiger partial charge in [-0.05, 0) is 18.4 Å². The molecule has 118 valence electrons. The Hall–Kier alpha value is -2.37. The summed E-state index contributed by atoms with van der Waals surface area (Å²) >= 11 is 0. The number of nitrogens with two attached hydrogens (primary N) is 1. The number of rotatable bonds is 4. The van der Waals surface area contributed by atoms with Crippen LogP contribution in [0.25, 0.3) is 0 Å². The van der Waals surface area contributed by atoms with Gasteiger partial charge in [0, 0.05) is 25.9 Å². The Morgan fingerprint density at radius 2 is 1.77 bits per heavy atom. The van der Waals surface area contributed by atoms with Crippen LogP contribution in [0.5, 0.6) is 0 Å². The smallest absolute Gasteiger partial charge is 0.244 e. The molecule has 1 fully saturated rings. The molecule has 1 aliphatic heterocycles. The highest BCUT2D eigenvalue weighted by Crippen LogP contribution is 2.19. The van der Waals surface area contributed by atoms with Crippen molar-refractivity contribution in [3.05, 3.63) is 35.9 Å². The summed E-state index contributed by atoms with van der Waals surface area (Å²) in [6.45, 7) is 2.67. The van der Waals surface area contributed by atoms with E-state index < -0.39 is 11.9 Å². The van der Waals surface area contributed by atoms with Crippen molar-refractivity contribution in [2.45, 2.75) is 25.8 Å². The molecular formula is C16H21N3O3. The van der Waals surface area contributed by atoms with E-state index in [4.69, 9.17) is 5.73 Å². The molecule has 0 aromatic heterocycles. The lowest BCUT2D eigenvalue weighted by Gasteiger charge is -2.31. The van der Waals surface area contributed by atoms with Gasteiger partial charge in [0.2, 0.25) is 17.7 Å². The Bertz CT molecular complexity index is 551. The molecule has 1 aromatic carbocycles. The van der Waals surface area contributed by atoms with Gasteiger partial charge in [0.1, 0.15) is 6.04 Å². The summed E-state index contributed by atoms with van der Waals surface area (Å²) in [4.78, 5) is 37.0. The summed E-state index contributed by atoms with van der Waals surface area (Å²) < 4.78 is 0. The average Bonchev–Trinajstić information content (AvgIpc) is 2.53. The maximum atomic E-state index is 12.3. The lowest BCUT2D eigenvalue weighted by Crippen LogP contribution is -2.45. The number of carbonyl (C=O) groups is 3. The van der Waals surface area contributed by atoms with Gasteiger partial charge in [-0.25, -0.2) is 0 Å². The maximum absolute atomic E-state index is 12.3. The van der Waals surface area contributed by atoms with Crippen molar-refractivity contribution < 1.29 is 14.4 Å². The Balaban J connectivity index is 1.98. The van der Waals surface area contributed by atoms with Crippen LogP contribution in [0.2, 0.25) is 0 Å². The summed E-state index contributed by atoms with van der Waals surface area (Å²) in [6, 6.07) is 8.12. The van der Waals surface area contributed by atoms with Gasteiger partial charge in [-0.1, -0.05) is 30.3 Å². The maximum Gasteiger partial charge on any atom is 0.244 e. The van der Waals surface area contributed by atoms with Gasteiger partial charge in [-0.3, -0.25) is 14.4 Å². The zero-order valence-corrected chi connectivity index (χ0v) is 12.6. The molecule has 1 saturated heterocycles. The second kappa shape index (κ2) is 7.06. The molecule has 1 aliphatic rings. The van der Waals surface area contributed by atoms with Crippen molar-refractivity contribution in [3.63, 3.8) is 0 Å². The largest absolute Gasteiger partial charge is 0.368 e. The van der Waals surface area contributed by atoms with Crippen LogP contribution < -0.4 is 11.1 Å². The van der Waals surface area contributed by atoms with Crippen LogP contribution >= 0.6 is 0 Å². The summed E-state index contributed by atoms with van der Waals surface area (Å²) in [5, 5.41) is 2.73. The third-order valence-electron chi connectivity index (χ3n) is 4.02. The summed E-state index contributed by atoms with van der Waals surface area (Å²) in [7, 11) is 0. The molecule has 6 heteroatoms. The molecule has 0 spiro atoms. The van der Waals surface area contributed by atoms with Gasteiger partial charge in [0.25, 0.3) is 0 Å². The molecule has 1 aromatic rings. The molecule has 1 heterocycles. The molecule has 0 bridgehead atoms. The lowest BCUT2D eigenvalue weighted by atomic mass is 9.95. The minimum Gasteiger partial charge on any atom is -0.368 e. The molecule has 1 atom stereocenters. The molecule has 2 rings (SSSR count). The van der Waals surface area contributed by atoms with Crippen molar-refractivity contribution in [2.75, 3.05) is 13.1 Å². The minimum absolute atomic E-state index is 0.0261. The number of benzene rings is 1. The van der Waals surface area contributed by atoms with Crippen molar-refractivity contribution in [1.82, 2.24) is 10.2 Å². The van der Waals surface area contributed by atoms with Crippen LogP contribution in [0.3, 0.4) is 0 Å². The fraction of sp³-hybridized carbons (Fsp3) is 0.438. The summed E-state index contributed by atoms with van der Waals surface area (Å²) in [5.74, 6) is -0.934. The number of nitrogens with one attached hydrogen (secondary N) is 1. The molecule has 0 radical (unpaired) electrons. The van der Waals surface area contributed by atoms with Gasteiger partial charge in [0.05, 0.1) is 0 Å². The van der Waals surface area contributed by atoms with E-state index >= 15 is 0 Å². The zero-order valence-electron chi connectivity index (χ0n) is 12.6. The monoisotopic (exact) mass is 303 g/mol. The Labute approximate surface area is 129 Å². The van der Waals surface area contributed by atoms with E-state index in [1.807, 2.05) is 6.07 Å². The van der Waals surface area contributed by atoms with Crippen LogP contribution in [0, 0.1) is 5.92 Å². The van der Waals surface area contributed by atoms with E-state index in [0.29, 0.717) is 31.5 Å². The first-order valence-electron chi connectivity index (χ1n) is 7.39. The first-order valence-corrected chi connectivity index (χ1v) is 7.39. The van der Waals surface area contributed by atoms with Gasteiger partial charge < -0.3 is 16.0 Å². The third kappa shape index (κ3) is 3.84. The van der Waals surface area contributed by atoms with E-state index in [1.54, 1.807) is 29.2 Å². The minimum atomic E-state index is -0.820. The topological polar surface area (TPSA) is 92.5 Å². The van der Waals surface area contributed by atoms with Gasteiger partial charge in [0.15, 0.2) is 0 Å². The SMILES string of the molecule is CC(=O)N1CCC(C(=O)N[C@H](C(N)=O)c2ccccc2)CC1. The van der Waals surface area contributed by atoms with Gasteiger partial charge in [-0.15, -0.1) is 0 Å². The molecule has 6 nitrogen and oxygen atoms in total. The highest BCUT2D eigenvalue weighted by Gasteiger charge is 2.29. The fourth-order valence-electron chi connectivity index (χ4n) is 2.68. The number of amides is 3. The van der Waals surface area contributed by atoms with Crippen molar-refractivity contribution in [1.29, 1.82) is 0 Å². The first kappa shape index (κ1) is 16.0. The summed E-state index contributed by atoms with van der Waals surface area (Å²) in [5.41, 5.74) is 6.07. The van der Waals surface area contributed by atoms with E-state index in [1.165, 1.54) is 6.92 Å². The Kier molecular flexibility index (Phi) is 5.14. The normalized spacial score (nSPS) is 16.9. The molecule has 3 N–H and O–H groups in total. The number of hydrogen-bond donors (Lipinski definition) is 2. The lowest BCUT2D eigenvalue weighted by molar-refractivity contribution is -0.135. The van der Waals surface area contributed by atoms with Gasteiger partial charge >= 0.3 is 0 Å². The van der Waals surface area contributed by atoms with Gasteiger partial charge in [-0.2, -0.15) is 0 Å². The standard InChI is InChI=1S/C16H21N3O3/c1-11(20)19-9-7-13(8-10-19)16(22)18-14(15(17)21)12-5-3-2-4-6-12/h2-6,13-14H,7-10H2,1H3,(H2,17,21)(H,18,22)/t14-/m0/s1. The van der Waals surface area contributed by atoms with E-state index in [-0.39, 0.29) is 17.7 Å². The number of piperidine rings is 1. The van der Waals surface area contributed by atoms with Crippen LogP contribution in [-0.4, -0.2) is 35.7 Å². The molecule has 0 aliphatic carbocycles. The predicted molar refractivity (Wildman–Crippen MR) is 81.5 cm³/mol. The number of carbonyl (C=O) groups excluding carboxylic acids is 3. The molecular weight excluding hydrogens is 282 g/mol. The van der Waals surface area contributed by atoms with Crippen molar-refractivity contribution >= 4 is 17.7 Å². The number of likely N-dealkylation sites (tertiary alicyclic amines) is 1. The number of hydrogen-bond acceptors (Lipinski definition) is 3. The quantitative estimate of drug-likeness (QED) is 0.852. The van der Waals surface area contributed by atoms with Crippen molar-refractivity contribution in [2.24, 2.45) is 11.7 Å². The van der Waals surface area contributed by atoms with Crippen LogP contribution in [0.15, 0.2) is 30.3 Å². The highest BCUT2D eigenvalue weighted by atomic mass is 16.2. The molecule has 3 amide bonds. The second-order valence-corrected chi connectivity index (χ2v) is 5.53. The van der Waals surface area contributed by atoms with Crippen LogP contribution in [-0.2, 0) is 14.4 Å². The van der Waals surface area contributed by atoms with E-state index in [0.717, 1.165) is 0 Å². The Morgan fingerprint density at radius 3 is 2.27 bits per heavy atom. The second-order valence-electron chi connectivity index (χ2n) is 5.53. The Morgan fingerprint density at radius 1 is 1.18 bits per heavy atom. The van der Waals surface area contributed by atoms with Crippen molar-refractivity contribution in [3.8, 4) is 0 Å². The number of primary amides is 1. The third-order valence-corrected chi connectivity index (χ3v) is 4.02. The van der Waals surface area contributed by atoms with Crippen LogP contribution in [0.4, 0.5) is 0 Å².